The number of hydrogen-bond donors (Lipinski definition) is 1. The van der Waals surface area contributed by atoms with E-state index < -0.39 is 4.92 Å². The predicted molar refractivity (Wildman–Crippen MR) is 84.5 cm³/mol. The molecule has 3 rings (SSSR count). The standard InChI is InChI=1S/C15H15N3O3S/c1-9-8-10(6-7-12(9)18(20)21)14(19)17-15-16-11-4-2-3-5-13(11)22-15/h6-8H,2-5H2,1H3,(H,16,17,19). The van der Waals surface area contributed by atoms with E-state index in [1.165, 1.54) is 40.8 Å². The number of benzene rings is 1. The fourth-order valence-electron chi connectivity index (χ4n) is 2.58. The van der Waals surface area contributed by atoms with Gasteiger partial charge in [0.15, 0.2) is 5.13 Å². The van der Waals surface area contributed by atoms with Crippen LogP contribution in [-0.2, 0) is 12.8 Å². The molecule has 1 aromatic heterocycles. The molecule has 0 spiro atoms. The first kappa shape index (κ1) is 14.6. The van der Waals surface area contributed by atoms with Gasteiger partial charge in [0.05, 0.1) is 10.6 Å². The Balaban J connectivity index is 1.78. The number of nitro benzene ring substituents is 1. The van der Waals surface area contributed by atoms with Crippen LogP contribution in [-0.4, -0.2) is 15.8 Å². The number of carbonyl (C=O) groups is 1. The molecule has 1 N–H and O–H groups in total. The van der Waals surface area contributed by atoms with Crippen LogP contribution in [0.25, 0.3) is 0 Å². The van der Waals surface area contributed by atoms with Crippen molar-refractivity contribution in [2.45, 2.75) is 32.6 Å². The molecule has 0 bridgehead atoms. The molecule has 2 aromatic rings. The van der Waals surface area contributed by atoms with Gasteiger partial charge < -0.3 is 0 Å². The maximum absolute atomic E-state index is 12.2. The Bertz CT molecular complexity index is 731. The number of nitro groups is 1. The predicted octanol–water partition coefficient (Wildman–Crippen LogP) is 3.49. The molecule has 0 atom stereocenters. The summed E-state index contributed by atoms with van der Waals surface area (Å²) in [6.07, 6.45) is 4.31. The maximum atomic E-state index is 12.2. The molecule has 6 nitrogen and oxygen atoms in total. The topological polar surface area (TPSA) is 85.1 Å². The van der Waals surface area contributed by atoms with Gasteiger partial charge in [-0.25, -0.2) is 4.98 Å². The number of hydrogen-bond acceptors (Lipinski definition) is 5. The van der Waals surface area contributed by atoms with Crippen LogP contribution in [0.5, 0.6) is 0 Å². The lowest BCUT2D eigenvalue weighted by atomic mass is 10.0. The van der Waals surface area contributed by atoms with Crippen LogP contribution < -0.4 is 5.32 Å². The van der Waals surface area contributed by atoms with Crippen LogP contribution in [0.3, 0.4) is 0 Å². The number of nitrogens with one attached hydrogen (secondary N) is 1. The zero-order valence-electron chi connectivity index (χ0n) is 12.1. The van der Waals surface area contributed by atoms with Crippen LogP contribution in [0.15, 0.2) is 18.2 Å². The monoisotopic (exact) mass is 317 g/mol. The van der Waals surface area contributed by atoms with E-state index in [0.717, 1.165) is 25.0 Å². The minimum absolute atomic E-state index is 0.0151. The summed E-state index contributed by atoms with van der Waals surface area (Å²) in [5, 5.41) is 14.2. The molecule has 1 aliphatic rings. The quantitative estimate of drug-likeness (QED) is 0.693. The summed E-state index contributed by atoms with van der Waals surface area (Å²) in [7, 11) is 0. The minimum atomic E-state index is -0.452. The first-order valence-electron chi connectivity index (χ1n) is 7.09. The zero-order chi connectivity index (χ0) is 15.7. The van der Waals surface area contributed by atoms with E-state index in [4.69, 9.17) is 0 Å². The van der Waals surface area contributed by atoms with Gasteiger partial charge in [-0.3, -0.25) is 20.2 Å². The molecule has 1 aromatic carbocycles. The van der Waals surface area contributed by atoms with Gasteiger partial charge in [-0.15, -0.1) is 11.3 Å². The summed E-state index contributed by atoms with van der Waals surface area (Å²) in [6, 6.07) is 4.35. The van der Waals surface area contributed by atoms with E-state index in [2.05, 4.69) is 10.3 Å². The van der Waals surface area contributed by atoms with Crippen LogP contribution in [0, 0.1) is 17.0 Å². The average molecular weight is 317 g/mol. The molecule has 22 heavy (non-hydrogen) atoms. The van der Waals surface area contributed by atoms with Crippen molar-refractivity contribution in [2.24, 2.45) is 0 Å². The van der Waals surface area contributed by atoms with Crippen molar-refractivity contribution in [2.75, 3.05) is 5.32 Å². The first-order chi connectivity index (χ1) is 10.5. The van der Waals surface area contributed by atoms with Gasteiger partial charge in [0, 0.05) is 22.1 Å². The van der Waals surface area contributed by atoms with E-state index in [1.54, 1.807) is 6.92 Å². The lowest BCUT2D eigenvalue weighted by molar-refractivity contribution is -0.385. The minimum Gasteiger partial charge on any atom is -0.298 e. The number of anilines is 1. The maximum Gasteiger partial charge on any atom is 0.272 e. The summed E-state index contributed by atoms with van der Waals surface area (Å²) in [4.78, 5) is 28.3. The number of aromatic nitrogens is 1. The highest BCUT2D eigenvalue weighted by molar-refractivity contribution is 7.15. The zero-order valence-corrected chi connectivity index (χ0v) is 12.9. The smallest absolute Gasteiger partial charge is 0.272 e. The largest absolute Gasteiger partial charge is 0.298 e. The molecule has 0 saturated carbocycles. The number of amides is 1. The van der Waals surface area contributed by atoms with Crippen LogP contribution in [0.4, 0.5) is 10.8 Å². The third-order valence-corrected chi connectivity index (χ3v) is 4.79. The van der Waals surface area contributed by atoms with Gasteiger partial charge in [0.1, 0.15) is 0 Å². The fourth-order valence-corrected chi connectivity index (χ4v) is 3.62. The van der Waals surface area contributed by atoms with Crippen molar-refractivity contribution >= 4 is 28.1 Å². The molecule has 0 aliphatic heterocycles. The summed E-state index contributed by atoms with van der Waals surface area (Å²) in [5.74, 6) is -0.288. The third kappa shape index (κ3) is 2.85. The SMILES string of the molecule is Cc1cc(C(=O)Nc2nc3c(s2)CCCC3)ccc1[N+](=O)[O-]. The Morgan fingerprint density at radius 3 is 2.82 bits per heavy atom. The molecule has 0 saturated heterocycles. The molecule has 114 valence electrons. The Labute approximate surface area is 131 Å². The Morgan fingerprint density at radius 1 is 1.36 bits per heavy atom. The van der Waals surface area contributed by atoms with Crippen molar-refractivity contribution in [1.82, 2.24) is 4.98 Å². The van der Waals surface area contributed by atoms with Gasteiger partial charge in [-0.2, -0.15) is 0 Å². The number of aryl methyl sites for hydroxylation is 3. The number of rotatable bonds is 3. The van der Waals surface area contributed by atoms with Crippen LogP contribution in [0.2, 0.25) is 0 Å². The lowest BCUT2D eigenvalue weighted by Gasteiger charge is -2.06. The fraction of sp³-hybridized carbons (Fsp3) is 0.333. The molecule has 0 unspecified atom stereocenters. The third-order valence-electron chi connectivity index (χ3n) is 3.72. The van der Waals surface area contributed by atoms with E-state index in [-0.39, 0.29) is 11.6 Å². The molecular formula is C15H15N3O3S. The van der Waals surface area contributed by atoms with Crippen molar-refractivity contribution in [1.29, 1.82) is 0 Å². The second-order valence-corrected chi connectivity index (χ2v) is 6.39. The Kier molecular flexibility index (Phi) is 3.89. The number of carbonyl (C=O) groups excluding carboxylic acids is 1. The van der Waals surface area contributed by atoms with Gasteiger partial charge in [0.25, 0.3) is 11.6 Å². The molecule has 7 heteroatoms. The summed E-state index contributed by atoms with van der Waals surface area (Å²) < 4.78 is 0. The summed E-state index contributed by atoms with van der Waals surface area (Å²) >= 11 is 1.52. The molecular weight excluding hydrogens is 302 g/mol. The highest BCUT2D eigenvalue weighted by Gasteiger charge is 2.18. The van der Waals surface area contributed by atoms with Gasteiger partial charge >= 0.3 is 0 Å². The highest BCUT2D eigenvalue weighted by Crippen LogP contribution is 2.30. The van der Waals surface area contributed by atoms with Crippen LogP contribution >= 0.6 is 11.3 Å². The molecule has 1 amide bonds. The second kappa shape index (κ2) is 5.84. The van der Waals surface area contributed by atoms with Gasteiger partial charge in [-0.05, 0) is 44.7 Å². The summed E-state index contributed by atoms with van der Waals surface area (Å²) in [6.45, 7) is 1.62. The van der Waals surface area contributed by atoms with Gasteiger partial charge in [-0.1, -0.05) is 0 Å². The first-order valence-corrected chi connectivity index (χ1v) is 7.91. The number of fused-ring (bicyclic) bond motifs is 1. The highest BCUT2D eigenvalue weighted by atomic mass is 32.1. The van der Waals surface area contributed by atoms with E-state index >= 15 is 0 Å². The van der Waals surface area contributed by atoms with Crippen LogP contribution in [0.1, 0.15) is 39.3 Å². The second-order valence-electron chi connectivity index (χ2n) is 5.31. The van der Waals surface area contributed by atoms with Gasteiger partial charge in [0.2, 0.25) is 0 Å². The van der Waals surface area contributed by atoms with Crippen molar-refractivity contribution in [3.8, 4) is 0 Å². The van der Waals surface area contributed by atoms with Crippen molar-refractivity contribution in [3.63, 3.8) is 0 Å². The normalized spacial score (nSPS) is 13.5. The molecule has 0 fully saturated rings. The number of thiazole rings is 1. The number of nitrogens with zero attached hydrogens (tertiary/aromatic N) is 2. The Hall–Kier alpha value is -2.28. The summed E-state index contributed by atoms with van der Waals surface area (Å²) in [5.41, 5.74) is 1.97. The molecule has 1 aliphatic carbocycles. The van der Waals surface area contributed by atoms with E-state index in [0.29, 0.717) is 16.3 Å². The molecule has 0 radical (unpaired) electrons. The van der Waals surface area contributed by atoms with E-state index in [9.17, 15) is 14.9 Å². The van der Waals surface area contributed by atoms with E-state index in [1.807, 2.05) is 0 Å². The Morgan fingerprint density at radius 2 is 2.14 bits per heavy atom. The van der Waals surface area contributed by atoms with Crippen molar-refractivity contribution < 1.29 is 9.72 Å². The lowest BCUT2D eigenvalue weighted by Crippen LogP contribution is -2.12. The molecule has 1 heterocycles. The van der Waals surface area contributed by atoms with Crippen molar-refractivity contribution in [3.05, 3.63) is 50.0 Å². The average Bonchev–Trinajstić information content (AvgIpc) is 2.88.